The Kier molecular flexibility index (Phi) is 7.24. The number of amides is 2. The lowest BCUT2D eigenvalue weighted by Crippen LogP contribution is -2.37. The lowest BCUT2D eigenvalue weighted by molar-refractivity contribution is -0.116. The van der Waals surface area contributed by atoms with Crippen molar-refractivity contribution in [1.82, 2.24) is 4.31 Å². The van der Waals surface area contributed by atoms with Gasteiger partial charge in [0.05, 0.1) is 11.4 Å². The number of nitrogens with one attached hydrogen (secondary N) is 2. The van der Waals surface area contributed by atoms with Gasteiger partial charge < -0.3 is 10.6 Å². The van der Waals surface area contributed by atoms with E-state index in [1.807, 2.05) is 0 Å². The van der Waals surface area contributed by atoms with Gasteiger partial charge in [-0.25, -0.2) is 8.42 Å². The molecule has 2 N–H and O–H groups in total. The topological polar surface area (TPSA) is 113 Å². The monoisotopic (exact) mass is 417 g/mol. The van der Waals surface area contributed by atoms with Gasteiger partial charge in [0.2, 0.25) is 21.8 Å². The summed E-state index contributed by atoms with van der Waals surface area (Å²) in [5.41, 5.74) is 1.33. The molecular weight excluding hydrogens is 394 g/mol. The van der Waals surface area contributed by atoms with Crippen molar-refractivity contribution in [2.24, 2.45) is 0 Å². The van der Waals surface area contributed by atoms with Gasteiger partial charge >= 0.3 is 0 Å². The Hall–Kier alpha value is -3.04. The van der Waals surface area contributed by atoms with Crippen LogP contribution in [0.2, 0.25) is 0 Å². The zero-order valence-electron chi connectivity index (χ0n) is 16.4. The molecular formula is C20H23N3O5S. The second kappa shape index (κ2) is 9.44. The molecule has 154 valence electrons. The van der Waals surface area contributed by atoms with E-state index in [-0.39, 0.29) is 35.2 Å². The van der Waals surface area contributed by atoms with E-state index >= 15 is 0 Å². The van der Waals surface area contributed by atoms with Crippen LogP contribution in [0.5, 0.6) is 0 Å². The second-order valence-corrected chi connectivity index (χ2v) is 8.26. The van der Waals surface area contributed by atoms with E-state index in [0.717, 1.165) is 4.31 Å². The van der Waals surface area contributed by atoms with Crippen LogP contribution >= 0.6 is 0 Å². The maximum absolute atomic E-state index is 12.9. The van der Waals surface area contributed by atoms with Crippen LogP contribution in [0.15, 0.2) is 53.4 Å². The van der Waals surface area contributed by atoms with Gasteiger partial charge in [-0.3, -0.25) is 14.4 Å². The Morgan fingerprint density at radius 1 is 0.931 bits per heavy atom. The van der Waals surface area contributed by atoms with Crippen LogP contribution in [0.3, 0.4) is 0 Å². The second-order valence-electron chi connectivity index (χ2n) is 6.32. The molecule has 0 fully saturated rings. The molecule has 8 nitrogen and oxygen atoms in total. The SMILES string of the molecule is CCN(CC(=O)Nc1ccc(NC(C)=O)cc1)S(=O)(=O)c1cccc(C(C)=O)c1. The fraction of sp³-hybridized carbons (Fsp3) is 0.250. The Labute approximate surface area is 170 Å². The Bertz CT molecular complexity index is 1020. The summed E-state index contributed by atoms with van der Waals surface area (Å²) in [4.78, 5) is 34.9. The van der Waals surface area contributed by atoms with Crippen molar-refractivity contribution >= 4 is 39.0 Å². The van der Waals surface area contributed by atoms with Gasteiger partial charge in [-0.15, -0.1) is 0 Å². The number of rotatable bonds is 8. The number of hydrogen-bond acceptors (Lipinski definition) is 5. The molecule has 29 heavy (non-hydrogen) atoms. The van der Waals surface area contributed by atoms with Crippen molar-refractivity contribution in [2.75, 3.05) is 23.7 Å². The maximum atomic E-state index is 12.9. The van der Waals surface area contributed by atoms with Gasteiger partial charge in [0.1, 0.15) is 0 Å². The van der Waals surface area contributed by atoms with Crippen LogP contribution in [-0.2, 0) is 19.6 Å². The molecule has 0 heterocycles. The molecule has 0 aromatic heterocycles. The first-order valence-electron chi connectivity index (χ1n) is 8.92. The maximum Gasteiger partial charge on any atom is 0.243 e. The summed E-state index contributed by atoms with van der Waals surface area (Å²) in [6.45, 7) is 4.08. The number of Topliss-reactive ketones (excluding diaryl/α,β-unsaturated/α-hetero) is 1. The standard InChI is InChI=1S/C20H23N3O5S/c1-4-23(29(27,28)19-7-5-6-16(12-19)14(2)24)13-20(26)22-18-10-8-17(9-11-18)21-15(3)25/h5-12H,4,13H2,1-3H3,(H,21,25)(H,22,26). The number of benzene rings is 2. The van der Waals surface area contributed by atoms with Crippen LogP contribution in [-0.4, -0.2) is 43.4 Å². The molecule has 0 aliphatic heterocycles. The average molecular weight is 417 g/mol. The van der Waals surface area contributed by atoms with Crippen molar-refractivity contribution in [3.05, 3.63) is 54.1 Å². The van der Waals surface area contributed by atoms with Crippen molar-refractivity contribution < 1.29 is 22.8 Å². The fourth-order valence-corrected chi connectivity index (χ4v) is 4.04. The molecule has 2 amide bonds. The third-order valence-electron chi connectivity index (χ3n) is 4.04. The minimum absolute atomic E-state index is 0.0421. The van der Waals surface area contributed by atoms with Crippen molar-refractivity contribution in [1.29, 1.82) is 0 Å². The molecule has 9 heteroatoms. The number of carbonyl (C=O) groups excluding carboxylic acids is 3. The smallest absolute Gasteiger partial charge is 0.243 e. The first-order chi connectivity index (χ1) is 13.6. The molecule has 0 saturated heterocycles. The molecule has 0 aliphatic rings. The first kappa shape index (κ1) is 22.3. The quantitative estimate of drug-likeness (QED) is 0.641. The molecule has 2 rings (SSSR count). The van der Waals surface area contributed by atoms with Crippen LogP contribution < -0.4 is 10.6 Å². The molecule has 0 spiro atoms. The molecule has 2 aromatic rings. The number of hydrogen-bond donors (Lipinski definition) is 2. The van der Waals surface area contributed by atoms with E-state index in [0.29, 0.717) is 11.4 Å². The zero-order valence-corrected chi connectivity index (χ0v) is 17.2. The van der Waals surface area contributed by atoms with Crippen molar-refractivity contribution in [2.45, 2.75) is 25.7 Å². The fourth-order valence-electron chi connectivity index (χ4n) is 2.59. The summed E-state index contributed by atoms with van der Waals surface area (Å²) in [7, 11) is -3.94. The third kappa shape index (κ3) is 5.97. The summed E-state index contributed by atoms with van der Waals surface area (Å²) in [5.74, 6) is -0.963. The first-order valence-corrected chi connectivity index (χ1v) is 10.4. The number of anilines is 2. The van der Waals surface area contributed by atoms with Crippen molar-refractivity contribution in [3.8, 4) is 0 Å². The number of ketones is 1. The van der Waals surface area contributed by atoms with Gasteiger partial charge in [-0.1, -0.05) is 19.1 Å². The molecule has 0 bridgehead atoms. The molecule has 0 radical (unpaired) electrons. The van der Waals surface area contributed by atoms with Crippen LogP contribution in [0, 0.1) is 0 Å². The molecule has 0 unspecified atom stereocenters. The highest BCUT2D eigenvalue weighted by molar-refractivity contribution is 7.89. The largest absolute Gasteiger partial charge is 0.326 e. The number of likely N-dealkylation sites (N-methyl/N-ethyl adjacent to an activating group) is 1. The van der Waals surface area contributed by atoms with Gasteiger partial charge in [0.15, 0.2) is 5.78 Å². The zero-order chi connectivity index (χ0) is 21.6. The van der Waals surface area contributed by atoms with E-state index in [4.69, 9.17) is 0 Å². The summed E-state index contributed by atoms with van der Waals surface area (Å²) >= 11 is 0. The molecule has 0 aliphatic carbocycles. The highest BCUT2D eigenvalue weighted by Crippen LogP contribution is 2.18. The van der Waals surface area contributed by atoms with Crippen LogP contribution in [0.1, 0.15) is 31.1 Å². The molecule has 2 aromatic carbocycles. The predicted octanol–water partition coefficient (Wildman–Crippen LogP) is 2.50. The molecule has 0 atom stereocenters. The Balaban J connectivity index is 2.11. The average Bonchev–Trinajstić information content (AvgIpc) is 2.67. The number of sulfonamides is 1. The van der Waals surface area contributed by atoms with Crippen LogP contribution in [0.25, 0.3) is 0 Å². The number of nitrogens with zero attached hydrogens (tertiary/aromatic N) is 1. The van der Waals surface area contributed by atoms with E-state index in [9.17, 15) is 22.8 Å². The van der Waals surface area contributed by atoms with Gasteiger partial charge in [0.25, 0.3) is 0 Å². The van der Waals surface area contributed by atoms with E-state index in [1.54, 1.807) is 31.2 Å². The summed E-state index contributed by atoms with van der Waals surface area (Å²) in [5, 5.41) is 5.24. The van der Waals surface area contributed by atoms with E-state index in [2.05, 4.69) is 10.6 Å². The number of carbonyl (C=O) groups is 3. The highest BCUT2D eigenvalue weighted by Gasteiger charge is 2.25. The van der Waals surface area contributed by atoms with E-state index < -0.39 is 15.9 Å². The summed E-state index contributed by atoms with van der Waals surface area (Å²) in [6, 6.07) is 12.2. The summed E-state index contributed by atoms with van der Waals surface area (Å²) in [6.07, 6.45) is 0. The third-order valence-corrected chi connectivity index (χ3v) is 5.96. The summed E-state index contributed by atoms with van der Waals surface area (Å²) < 4.78 is 26.8. The Morgan fingerprint density at radius 3 is 2.03 bits per heavy atom. The predicted molar refractivity (Wildman–Crippen MR) is 110 cm³/mol. The van der Waals surface area contributed by atoms with Crippen molar-refractivity contribution in [3.63, 3.8) is 0 Å². The lowest BCUT2D eigenvalue weighted by Gasteiger charge is -2.20. The van der Waals surface area contributed by atoms with Crippen LogP contribution in [0.4, 0.5) is 11.4 Å². The van der Waals surface area contributed by atoms with Gasteiger partial charge in [0, 0.05) is 30.4 Å². The highest BCUT2D eigenvalue weighted by atomic mass is 32.2. The lowest BCUT2D eigenvalue weighted by atomic mass is 10.2. The minimum atomic E-state index is -3.94. The normalized spacial score (nSPS) is 11.2. The molecule has 0 saturated carbocycles. The van der Waals surface area contributed by atoms with Gasteiger partial charge in [-0.2, -0.15) is 4.31 Å². The Morgan fingerprint density at radius 2 is 1.52 bits per heavy atom. The van der Waals surface area contributed by atoms with E-state index in [1.165, 1.54) is 38.1 Å². The van der Waals surface area contributed by atoms with Gasteiger partial charge in [-0.05, 0) is 43.3 Å². The minimum Gasteiger partial charge on any atom is -0.326 e.